The first kappa shape index (κ1) is 10.6. The Morgan fingerprint density at radius 2 is 2.18 bits per heavy atom. The Kier molecular flexibility index (Phi) is 2.00. The zero-order chi connectivity index (χ0) is 12.2. The number of carbonyl (C=O) groups is 1. The Morgan fingerprint density at radius 3 is 2.94 bits per heavy atom. The largest absolute Gasteiger partial charge is 0.508 e. The maximum absolute atomic E-state index is 11.7. The van der Waals surface area contributed by atoms with Gasteiger partial charge >= 0.3 is 0 Å². The summed E-state index contributed by atoms with van der Waals surface area (Å²) in [6.07, 6.45) is 3.36. The van der Waals surface area contributed by atoms with Crippen molar-refractivity contribution >= 4 is 11.4 Å². The van der Waals surface area contributed by atoms with Gasteiger partial charge in [0.15, 0.2) is 5.78 Å². The number of benzene rings is 1. The molecule has 2 atom stereocenters. The summed E-state index contributed by atoms with van der Waals surface area (Å²) < 4.78 is 0. The lowest BCUT2D eigenvalue weighted by Gasteiger charge is -2.39. The van der Waals surface area contributed by atoms with Gasteiger partial charge in [-0.2, -0.15) is 0 Å². The summed E-state index contributed by atoms with van der Waals surface area (Å²) in [7, 11) is 0. The van der Waals surface area contributed by atoms with Gasteiger partial charge in [-0.05, 0) is 47.2 Å². The monoisotopic (exact) mass is 228 g/mol. The molecule has 2 aliphatic rings. The zero-order valence-electron chi connectivity index (χ0n) is 10.2. The second-order valence-electron chi connectivity index (χ2n) is 5.57. The van der Waals surface area contributed by atoms with E-state index in [2.05, 4.69) is 13.8 Å². The highest BCUT2D eigenvalue weighted by Crippen LogP contribution is 2.53. The maximum Gasteiger partial charge on any atom is 0.156 e. The van der Waals surface area contributed by atoms with Crippen LogP contribution in [0.2, 0.25) is 0 Å². The van der Waals surface area contributed by atoms with E-state index in [1.54, 1.807) is 12.1 Å². The highest BCUT2D eigenvalue weighted by molar-refractivity contribution is 6.04. The molecule has 2 nitrogen and oxygen atoms in total. The van der Waals surface area contributed by atoms with Crippen LogP contribution in [0.15, 0.2) is 24.3 Å². The maximum atomic E-state index is 11.7. The number of fused-ring (bicyclic) bond motifs is 3. The van der Waals surface area contributed by atoms with Crippen LogP contribution in [-0.2, 0) is 11.2 Å². The Hall–Kier alpha value is -1.57. The second-order valence-corrected chi connectivity index (χ2v) is 5.57. The third kappa shape index (κ3) is 1.36. The predicted octanol–water partition coefficient (Wildman–Crippen LogP) is 2.95. The van der Waals surface area contributed by atoms with Crippen molar-refractivity contribution in [2.24, 2.45) is 11.3 Å². The molecule has 0 aromatic heterocycles. The third-order valence-electron chi connectivity index (χ3n) is 4.45. The molecule has 2 heteroatoms. The topological polar surface area (TPSA) is 37.3 Å². The Labute approximate surface area is 101 Å². The minimum absolute atomic E-state index is 0.0128. The van der Waals surface area contributed by atoms with Crippen LogP contribution >= 0.6 is 0 Å². The average Bonchev–Trinajstić information content (AvgIpc) is 2.55. The summed E-state index contributed by atoms with van der Waals surface area (Å²) in [5, 5.41) is 9.54. The number of aromatic hydroxyl groups is 1. The predicted molar refractivity (Wildman–Crippen MR) is 66.7 cm³/mol. The fraction of sp³-hybridized carbons (Fsp3) is 0.400. The minimum atomic E-state index is -0.0128. The van der Waals surface area contributed by atoms with E-state index < -0.39 is 0 Å². The first-order valence-electron chi connectivity index (χ1n) is 6.08. The highest BCUT2D eigenvalue weighted by Gasteiger charge is 2.45. The average molecular weight is 228 g/mol. The van der Waals surface area contributed by atoms with E-state index in [1.807, 2.05) is 12.1 Å². The first-order chi connectivity index (χ1) is 8.00. The molecule has 0 bridgehead atoms. The minimum Gasteiger partial charge on any atom is -0.508 e. The number of hydrogen-bond acceptors (Lipinski definition) is 2. The fourth-order valence-electron chi connectivity index (χ4n) is 3.23. The molecule has 1 aromatic carbocycles. The van der Waals surface area contributed by atoms with E-state index >= 15 is 0 Å². The molecule has 0 aliphatic heterocycles. The molecule has 0 radical (unpaired) electrons. The number of hydrogen-bond donors (Lipinski definition) is 1. The number of rotatable bonds is 0. The van der Waals surface area contributed by atoms with Crippen LogP contribution in [-0.4, -0.2) is 10.9 Å². The van der Waals surface area contributed by atoms with Crippen molar-refractivity contribution in [1.29, 1.82) is 0 Å². The van der Waals surface area contributed by atoms with Crippen LogP contribution in [0.3, 0.4) is 0 Å². The van der Waals surface area contributed by atoms with Gasteiger partial charge in [-0.15, -0.1) is 0 Å². The van der Waals surface area contributed by atoms with E-state index in [0.29, 0.717) is 18.1 Å². The molecule has 2 aliphatic carbocycles. The van der Waals surface area contributed by atoms with E-state index in [0.717, 1.165) is 23.1 Å². The van der Waals surface area contributed by atoms with Crippen LogP contribution in [0.4, 0.5) is 0 Å². The van der Waals surface area contributed by atoms with Crippen molar-refractivity contribution in [3.05, 3.63) is 35.4 Å². The van der Waals surface area contributed by atoms with Gasteiger partial charge in [-0.1, -0.05) is 19.9 Å². The van der Waals surface area contributed by atoms with Crippen molar-refractivity contribution in [1.82, 2.24) is 0 Å². The van der Waals surface area contributed by atoms with E-state index in [-0.39, 0.29) is 11.2 Å². The van der Waals surface area contributed by atoms with Crippen molar-refractivity contribution in [2.75, 3.05) is 0 Å². The number of allylic oxidation sites excluding steroid dienone is 2. The quantitative estimate of drug-likeness (QED) is 0.741. The molecular weight excluding hydrogens is 212 g/mol. The SMILES string of the molecule is CC1Cc2cc(O)ccc2C2=CC(=O)CC21C. The molecule has 0 fully saturated rings. The summed E-state index contributed by atoms with van der Waals surface area (Å²) in [4.78, 5) is 11.7. The molecule has 1 N–H and O–H groups in total. The number of phenolic OH excluding ortho intramolecular Hbond substituents is 1. The summed E-state index contributed by atoms with van der Waals surface area (Å²) in [5.41, 5.74) is 3.46. The Bertz CT molecular complexity index is 542. The highest BCUT2D eigenvalue weighted by atomic mass is 16.3. The van der Waals surface area contributed by atoms with Gasteiger partial charge in [0.1, 0.15) is 5.75 Å². The lowest BCUT2D eigenvalue weighted by molar-refractivity contribution is -0.115. The van der Waals surface area contributed by atoms with Gasteiger partial charge in [0.25, 0.3) is 0 Å². The summed E-state index contributed by atoms with van der Waals surface area (Å²) in [6.45, 7) is 4.38. The molecule has 0 heterocycles. The molecule has 1 aromatic rings. The molecule has 17 heavy (non-hydrogen) atoms. The zero-order valence-corrected chi connectivity index (χ0v) is 10.2. The van der Waals surface area contributed by atoms with Crippen LogP contribution in [0.25, 0.3) is 5.57 Å². The molecule has 0 spiro atoms. The van der Waals surface area contributed by atoms with Crippen LogP contribution < -0.4 is 0 Å². The van der Waals surface area contributed by atoms with Crippen molar-refractivity contribution in [3.8, 4) is 5.75 Å². The standard InChI is InChI=1S/C15H16O2/c1-9-5-10-6-11(16)3-4-13(10)14-7-12(17)8-15(9,14)2/h3-4,6-7,9,16H,5,8H2,1-2H3. The van der Waals surface area contributed by atoms with Crippen molar-refractivity contribution in [3.63, 3.8) is 0 Å². The number of ketones is 1. The van der Waals surface area contributed by atoms with Gasteiger partial charge in [-0.25, -0.2) is 0 Å². The molecule has 2 unspecified atom stereocenters. The molecule has 0 saturated heterocycles. The van der Waals surface area contributed by atoms with Gasteiger partial charge < -0.3 is 5.11 Å². The van der Waals surface area contributed by atoms with Crippen molar-refractivity contribution in [2.45, 2.75) is 26.7 Å². The molecule has 0 amide bonds. The molecule has 0 saturated carbocycles. The molecule has 88 valence electrons. The molecule has 3 rings (SSSR count). The second kappa shape index (κ2) is 3.22. The van der Waals surface area contributed by atoms with Gasteiger partial charge in [-0.3, -0.25) is 4.79 Å². The van der Waals surface area contributed by atoms with E-state index in [4.69, 9.17) is 0 Å². The number of carbonyl (C=O) groups excluding carboxylic acids is 1. The summed E-state index contributed by atoms with van der Waals surface area (Å²) >= 11 is 0. The smallest absolute Gasteiger partial charge is 0.156 e. The fourth-order valence-corrected chi connectivity index (χ4v) is 3.23. The third-order valence-corrected chi connectivity index (χ3v) is 4.45. The van der Waals surface area contributed by atoms with Crippen LogP contribution in [0, 0.1) is 11.3 Å². The van der Waals surface area contributed by atoms with Gasteiger partial charge in [0.05, 0.1) is 0 Å². The summed E-state index contributed by atoms with van der Waals surface area (Å²) in [5.74, 6) is 0.981. The van der Waals surface area contributed by atoms with Gasteiger partial charge in [0.2, 0.25) is 0 Å². The summed E-state index contributed by atoms with van der Waals surface area (Å²) in [6, 6.07) is 5.48. The van der Waals surface area contributed by atoms with E-state index in [1.165, 1.54) is 0 Å². The normalized spacial score (nSPS) is 30.8. The van der Waals surface area contributed by atoms with Crippen LogP contribution in [0.5, 0.6) is 5.75 Å². The lowest BCUT2D eigenvalue weighted by Crippen LogP contribution is -2.31. The van der Waals surface area contributed by atoms with E-state index in [9.17, 15) is 9.90 Å². The Balaban J connectivity index is 2.22. The molecular formula is C15H16O2. The van der Waals surface area contributed by atoms with Crippen LogP contribution in [0.1, 0.15) is 31.4 Å². The Morgan fingerprint density at radius 1 is 1.41 bits per heavy atom. The lowest BCUT2D eigenvalue weighted by atomic mass is 9.64. The van der Waals surface area contributed by atoms with Gasteiger partial charge in [0, 0.05) is 11.8 Å². The first-order valence-corrected chi connectivity index (χ1v) is 6.08. The van der Waals surface area contributed by atoms with Crippen molar-refractivity contribution < 1.29 is 9.90 Å². The number of phenols is 1.